The predicted molar refractivity (Wildman–Crippen MR) is 91.5 cm³/mol. The number of alkyl halides is 2. The van der Waals surface area contributed by atoms with E-state index in [2.05, 4.69) is 11.3 Å². The third-order valence-corrected chi connectivity index (χ3v) is 3.87. The van der Waals surface area contributed by atoms with Gasteiger partial charge in [-0.3, -0.25) is 0 Å². The summed E-state index contributed by atoms with van der Waals surface area (Å²) in [5.41, 5.74) is -0.0421. The van der Waals surface area contributed by atoms with Gasteiger partial charge >= 0.3 is 6.61 Å². The second kappa shape index (κ2) is 7.84. The topological polar surface area (TPSA) is 18.5 Å². The Hall–Kier alpha value is -3.16. The van der Waals surface area contributed by atoms with E-state index in [0.717, 1.165) is 18.2 Å². The summed E-state index contributed by atoms with van der Waals surface area (Å²) in [6, 6.07) is 6.42. The number of hydrogen-bond donors (Lipinski definition) is 0. The third-order valence-electron chi connectivity index (χ3n) is 3.87. The van der Waals surface area contributed by atoms with Crippen LogP contribution < -0.4 is 9.47 Å². The Labute approximate surface area is 155 Å². The molecule has 0 atom stereocenters. The molecule has 0 amide bonds. The molecule has 8 heteroatoms. The van der Waals surface area contributed by atoms with Crippen LogP contribution in [0.4, 0.5) is 26.3 Å². The average molecular weight is 398 g/mol. The van der Waals surface area contributed by atoms with Gasteiger partial charge in [-0.2, -0.15) is 8.78 Å². The molecule has 146 valence electrons. The van der Waals surface area contributed by atoms with E-state index in [4.69, 9.17) is 4.74 Å². The van der Waals surface area contributed by atoms with Crippen LogP contribution in [0, 0.1) is 23.3 Å². The minimum absolute atomic E-state index is 0.000835. The SMILES string of the molecule is C=CCOc1ccc(-c2cc(F)c3c(F)c(OC(F)F)c(F)cc3c2)c(F)c1. The second-order valence-corrected chi connectivity index (χ2v) is 5.68. The number of rotatable bonds is 6. The van der Waals surface area contributed by atoms with Gasteiger partial charge < -0.3 is 9.47 Å². The van der Waals surface area contributed by atoms with Crippen molar-refractivity contribution in [3.63, 3.8) is 0 Å². The molecule has 0 aliphatic rings. The monoisotopic (exact) mass is 398 g/mol. The maximum Gasteiger partial charge on any atom is 0.387 e. The first-order chi connectivity index (χ1) is 13.3. The second-order valence-electron chi connectivity index (χ2n) is 5.68. The Morgan fingerprint density at radius 2 is 1.68 bits per heavy atom. The van der Waals surface area contributed by atoms with E-state index in [-0.39, 0.29) is 28.9 Å². The molecule has 28 heavy (non-hydrogen) atoms. The van der Waals surface area contributed by atoms with Crippen LogP contribution >= 0.6 is 0 Å². The van der Waals surface area contributed by atoms with Crippen molar-refractivity contribution < 1.29 is 35.8 Å². The summed E-state index contributed by atoms with van der Waals surface area (Å²) in [6.45, 7) is 0.137. The summed E-state index contributed by atoms with van der Waals surface area (Å²) in [7, 11) is 0. The van der Waals surface area contributed by atoms with Gasteiger partial charge in [0.25, 0.3) is 0 Å². The molecule has 0 aliphatic heterocycles. The molecule has 0 saturated heterocycles. The van der Waals surface area contributed by atoms with Gasteiger partial charge in [0.15, 0.2) is 17.4 Å². The summed E-state index contributed by atoms with van der Waals surface area (Å²) >= 11 is 0. The fraction of sp³-hybridized carbons (Fsp3) is 0.100. The van der Waals surface area contributed by atoms with Crippen molar-refractivity contribution >= 4 is 10.8 Å². The first kappa shape index (κ1) is 19.6. The fourth-order valence-electron chi connectivity index (χ4n) is 2.72. The number of fused-ring (bicyclic) bond motifs is 1. The van der Waals surface area contributed by atoms with Crippen LogP contribution in [-0.2, 0) is 0 Å². The molecule has 2 nitrogen and oxygen atoms in total. The van der Waals surface area contributed by atoms with Gasteiger partial charge in [0, 0.05) is 11.6 Å². The summed E-state index contributed by atoms with van der Waals surface area (Å²) in [4.78, 5) is 0. The van der Waals surface area contributed by atoms with E-state index >= 15 is 0 Å². The molecule has 0 aliphatic carbocycles. The quantitative estimate of drug-likeness (QED) is 0.362. The minimum atomic E-state index is -3.49. The Morgan fingerprint density at radius 1 is 0.929 bits per heavy atom. The van der Waals surface area contributed by atoms with E-state index < -0.39 is 41.0 Å². The van der Waals surface area contributed by atoms with Crippen molar-refractivity contribution in [3.8, 4) is 22.6 Å². The molecule has 0 fully saturated rings. The highest BCUT2D eigenvalue weighted by atomic mass is 19.3. The van der Waals surface area contributed by atoms with Crippen LogP contribution in [0.5, 0.6) is 11.5 Å². The number of benzene rings is 3. The molecule has 0 bridgehead atoms. The van der Waals surface area contributed by atoms with Gasteiger partial charge in [-0.25, -0.2) is 17.6 Å². The number of ether oxygens (including phenoxy) is 2. The highest BCUT2D eigenvalue weighted by Crippen LogP contribution is 2.36. The van der Waals surface area contributed by atoms with E-state index in [1.165, 1.54) is 18.2 Å². The molecule has 0 saturated carbocycles. The van der Waals surface area contributed by atoms with Gasteiger partial charge in [0.1, 0.15) is 24.0 Å². The molecular weight excluding hydrogens is 386 g/mol. The molecule has 0 unspecified atom stereocenters. The van der Waals surface area contributed by atoms with E-state index in [1.807, 2.05) is 0 Å². The first-order valence-electron chi connectivity index (χ1n) is 7.91. The zero-order chi connectivity index (χ0) is 20.4. The van der Waals surface area contributed by atoms with Crippen LogP contribution in [-0.4, -0.2) is 13.2 Å². The van der Waals surface area contributed by atoms with E-state index in [1.54, 1.807) is 0 Å². The van der Waals surface area contributed by atoms with Gasteiger partial charge in [-0.1, -0.05) is 12.7 Å². The molecule has 0 radical (unpaired) electrons. The fourth-order valence-corrected chi connectivity index (χ4v) is 2.72. The molecule has 0 N–H and O–H groups in total. The summed E-state index contributed by atoms with van der Waals surface area (Å²) in [5.74, 6) is -6.14. The van der Waals surface area contributed by atoms with Gasteiger partial charge in [-0.15, -0.1) is 0 Å². The Morgan fingerprint density at radius 3 is 2.32 bits per heavy atom. The van der Waals surface area contributed by atoms with Crippen LogP contribution in [0.3, 0.4) is 0 Å². The van der Waals surface area contributed by atoms with Gasteiger partial charge in [0.2, 0.25) is 0 Å². The lowest BCUT2D eigenvalue weighted by Crippen LogP contribution is -2.06. The Kier molecular flexibility index (Phi) is 5.48. The Bertz CT molecular complexity index is 1050. The minimum Gasteiger partial charge on any atom is -0.489 e. The molecular formula is C20H12F6O2. The molecule has 0 spiro atoms. The van der Waals surface area contributed by atoms with Crippen molar-refractivity contribution in [1.29, 1.82) is 0 Å². The molecule has 3 aromatic rings. The van der Waals surface area contributed by atoms with Crippen LogP contribution in [0.1, 0.15) is 0 Å². The number of halogens is 6. The van der Waals surface area contributed by atoms with Crippen LogP contribution in [0.15, 0.2) is 49.1 Å². The molecule has 0 heterocycles. The van der Waals surface area contributed by atoms with Crippen molar-refractivity contribution in [2.75, 3.05) is 6.61 Å². The summed E-state index contributed by atoms with van der Waals surface area (Å²) < 4.78 is 90.7. The van der Waals surface area contributed by atoms with E-state index in [9.17, 15) is 26.3 Å². The smallest absolute Gasteiger partial charge is 0.387 e. The standard InChI is InChI=1S/C20H12F6O2/c1-2-5-27-12-3-4-13(14(21)9-12)10-6-11-8-16(23)19(28-20(25)26)18(24)17(11)15(22)7-10/h2-4,6-9,20H,1,5H2. The maximum absolute atomic E-state index is 14.5. The molecule has 0 aromatic heterocycles. The van der Waals surface area contributed by atoms with Crippen LogP contribution in [0.2, 0.25) is 0 Å². The number of hydrogen-bond acceptors (Lipinski definition) is 2. The van der Waals surface area contributed by atoms with Crippen molar-refractivity contribution in [2.45, 2.75) is 6.61 Å². The van der Waals surface area contributed by atoms with Crippen molar-refractivity contribution in [3.05, 3.63) is 72.3 Å². The zero-order valence-corrected chi connectivity index (χ0v) is 14.1. The maximum atomic E-state index is 14.5. The van der Waals surface area contributed by atoms with Crippen molar-refractivity contribution in [2.24, 2.45) is 0 Å². The first-order valence-corrected chi connectivity index (χ1v) is 7.91. The Balaban J connectivity index is 2.11. The highest BCUT2D eigenvalue weighted by Gasteiger charge is 2.22. The van der Waals surface area contributed by atoms with Crippen LogP contribution in [0.25, 0.3) is 21.9 Å². The lowest BCUT2D eigenvalue weighted by molar-refractivity contribution is -0.0544. The largest absolute Gasteiger partial charge is 0.489 e. The third kappa shape index (κ3) is 3.76. The lowest BCUT2D eigenvalue weighted by Gasteiger charge is -2.12. The normalized spacial score (nSPS) is 11.1. The van der Waals surface area contributed by atoms with Gasteiger partial charge in [-0.05, 0) is 41.3 Å². The molecule has 3 rings (SSSR count). The predicted octanol–water partition coefficient (Wildman–Crippen LogP) is 6.23. The summed E-state index contributed by atoms with van der Waals surface area (Å²) in [6.07, 6.45) is 1.47. The highest BCUT2D eigenvalue weighted by molar-refractivity contribution is 5.90. The summed E-state index contributed by atoms with van der Waals surface area (Å²) in [5, 5.41) is -1.02. The lowest BCUT2D eigenvalue weighted by atomic mass is 9.99. The zero-order valence-electron chi connectivity index (χ0n) is 14.1. The molecule has 3 aromatic carbocycles. The van der Waals surface area contributed by atoms with E-state index in [0.29, 0.717) is 6.07 Å². The van der Waals surface area contributed by atoms with Crippen molar-refractivity contribution in [1.82, 2.24) is 0 Å². The average Bonchev–Trinajstić information content (AvgIpc) is 2.62. The van der Waals surface area contributed by atoms with Gasteiger partial charge in [0.05, 0.1) is 5.39 Å².